The minimum atomic E-state index is 0.252. The van der Waals surface area contributed by atoms with Crippen molar-refractivity contribution in [3.63, 3.8) is 0 Å². The first-order valence-electron chi connectivity index (χ1n) is 4.80. The first-order chi connectivity index (χ1) is 5.08. The van der Waals surface area contributed by atoms with Gasteiger partial charge in [-0.05, 0) is 12.3 Å². The normalized spacial score (nSPS) is 22.1. The predicted molar refractivity (Wildman–Crippen MR) is 54.3 cm³/mol. The van der Waals surface area contributed by atoms with E-state index in [1.807, 2.05) is 0 Å². The van der Waals surface area contributed by atoms with Crippen molar-refractivity contribution in [1.29, 1.82) is 0 Å². The molecule has 0 amide bonds. The van der Waals surface area contributed by atoms with Gasteiger partial charge in [0.25, 0.3) is 0 Å². The molecule has 0 heterocycles. The highest BCUT2D eigenvalue weighted by molar-refractivity contribution is 7.81. The number of rotatable bonds is 2. The summed E-state index contributed by atoms with van der Waals surface area (Å²) in [6.07, 6.45) is 8.57. The van der Waals surface area contributed by atoms with Crippen LogP contribution in [0.5, 0.6) is 0 Å². The fraction of sp³-hybridized carbons (Fsp3) is 1.00. The van der Waals surface area contributed by atoms with E-state index in [0.717, 1.165) is 5.92 Å². The van der Waals surface area contributed by atoms with Crippen molar-refractivity contribution < 1.29 is 0 Å². The molecule has 1 heteroatoms. The van der Waals surface area contributed by atoms with Gasteiger partial charge in [0, 0.05) is 4.75 Å². The Bertz CT molecular complexity index is 107. The van der Waals surface area contributed by atoms with Crippen molar-refractivity contribution in [2.75, 3.05) is 0 Å². The number of hydrogen-bond acceptors (Lipinski definition) is 1. The van der Waals surface area contributed by atoms with Crippen molar-refractivity contribution >= 4 is 12.6 Å². The summed E-state index contributed by atoms with van der Waals surface area (Å²) in [4.78, 5) is 0. The van der Waals surface area contributed by atoms with E-state index in [1.54, 1.807) is 0 Å². The fourth-order valence-electron chi connectivity index (χ4n) is 2.10. The average molecular weight is 172 g/mol. The smallest absolute Gasteiger partial charge is 0.00758 e. The number of thiol groups is 1. The third-order valence-electron chi connectivity index (χ3n) is 2.51. The summed E-state index contributed by atoms with van der Waals surface area (Å²) in [5.41, 5.74) is 0. The Morgan fingerprint density at radius 2 is 1.73 bits per heavy atom. The van der Waals surface area contributed by atoms with Gasteiger partial charge in [0.2, 0.25) is 0 Å². The van der Waals surface area contributed by atoms with Gasteiger partial charge < -0.3 is 0 Å². The Labute approximate surface area is 76.2 Å². The molecule has 1 aliphatic rings. The molecule has 0 saturated heterocycles. The zero-order valence-corrected chi connectivity index (χ0v) is 8.66. The first kappa shape index (κ1) is 9.44. The molecule has 0 N–H and O–H groups in total. The van der Waals surface area contributed by atoms with E-state index >= 15 is 0 Å². The Hall–Kier alpha value is 0.350. The second-order valence-electron chi connectivity index (χ2n) is 4.52. The molecule has 0 atom stereocenters. The van der Waals surface area contributed by atoms with Crippen molar-refractivity contribution in [2.45, 2.75) is 57.1 Å². The van der Waals surface area contributed by atoms with Crippen molar-refractivity contribution in [1.82, 2.24) is 0 Å². The van der Waals surface area contributed by atoms with Crippen molar-refractivity contribution in [3.8, 4) is 0 Å². The first-order valence-corrected chi connectivity index (χ1v) is 5.25. The molecular weight excluding hydrogens is 152 g/mol. The van der Waals surface area contributed by atoms with E-state index in [1.165, 1.54) is 38.5 Å². The minimum Gasteiger partial charge on any atom is -0.173 e. The predicted octanol–water partition coefficient (Wildman–Crippen LogP) is 3.67. The van der Waals surface area contributed by atoms with E-state index in [2.05, 4.69) is 26.5 Å². The summed E-state index contributed by atoms with van der Waals surface area (Å²) < 4.78 is 0.252. The third-order valence-corrected chi connectivity index (χ3v) is 2.70. The van der Waals surface area contributed by atoms with E-state index in [4.69, 9.17) is 0 Å². The van der Waals surface area contributed by atoms with Crippen molar-refractivity contribution in [3.05, 3.63) is 0 Å². The molecule has 0 spiro atoms. The molecular formula is C10H20S. The monoisotopic (exact) mass is 172 g/mol. The van der Waals surface area contributed by atoms with Gasteiger partial charge in [-0.25, -0.2) is 0 Å². The van der Waals surface area contributed by atoms with Gasteiger partial charge in [0.15, 0.2) is 0 Å². The van der Waals surface area contributed by atoms with Crippen LogP contribution in [0, 0.1) is 5.92 Å². The Morgan fingerprint density at radius 3 is 2.18 bits per heavy atom. The molecule has 1 aliphatic carbocycles. The minimum absolute atomic E-state index is 0.252. The van der Waals surface area contributed by atoms with Gasteiger partial charge in [-0.1, -0.05) is 46.0 Å². The van der Waals surface area contributed by atoms with Gasteiger partial charge in [0.1, 0.15) is 0 Å². The standard InChI is InChI=1S/C10H20S/c1-10(2,11)8-9-6-4-3-5-7-9/h9,11H,3-8H2,1-2H3. The van der Waals surface area contributed by atoms with Crippen LogP contribution in [0.25, 0.3) is 0 Å². The molecule has 11 heavy (non-hydrogen) atoms. The Morgan fingerprint density at radius 1 is 1.18 bits per heavy atom. The molecule has 1 fully saturated rings. The topological polar surface area (TPSA) is 0 Å². The molecule has 0 aromatic carbocycles. The van der Waals surface area contributed by atoms with Crippen LogP contribution in [0.15, 0.2) is 0 Å². The fourth-order valence-corrected chi connectivity index (χ4v) is 2.36. The summed E-state index contributed by atoms with van der Waals surface area (Å²) in [6, 6.07) is 0. The molecule has 66 valence electrons. The van der Waals surface area contributed by atoms with Crippen LogP contribution >= 0.6 is 12.6 Å². The zero-order valence-electron chi connectivity index (χ0n) is 7.77. The summed E-state index contributed by atoms with van der Waals surface area (Å²) in [6.45, 7) is 4.45. The molecule has 1 saturated carbocycles. The molecule has 1 rings (SSSR count). The molecule has 0 aromatic rings. The van der Waals surface area contributed by atoms with Gasteiger partial charge in [0.05, 0.1) is 0 Å². The van der Waals surface area contributed by atoms with Crippen LogP contribution < -0.4 is 0 Å². The van der Waals surface area contributed by atoms with Crippen LogP contribution in [0.4, 0.5) is 0 Å². The summed E-state index contributed by atoms with van der Waals surface area (Å²) in [5.74, 6) is 0.969. The lowest BCUT2D eigenvalue weighted by atomic mass is 9.83. The van der Waals surface area contributed by atoms with Gasteiger partial charge in [-0.2, -0.15) is 12.6 Å². The Balaban J connectivity index is 2.24. The van der Waals surface area contributed by atoms with Crippen LogP contribution in [-0.4, -0.2) is 4.75 Å². The average Bonchev–Trinajstić information content (AvgIpc) is 1.85. The maximum atomic E-state index is 4.56. The lowest BCUT2D eigenvalue weighted by Crippen LogP contribution is -2.18. The second-order valence-corrected chi connectivity index (χ2v) is 5.73. The SMILES string of the molecule is CC(C)(S)CC1CCCCC1. The maximum absolute atomic E-state index is 4.56. The Kier molecular flexibility index (Phi) is 3.29. The van der Waals surface area contributed by atoms with Gasteiger partial charge >= 0.3 is 0 Å². The van der Waals surface area contributed by atoms with Crippen LogP contribution in [0.3, 0.4) is 0 Å². The highest BCUT2D eigenvalue weighted by atomic mass is 32.1. The van der Waals surface area contributed by atoms with Crippen LogP contribution in [0.1, 0.15) is 52.4 Å². The second kappa shape index (κ2) is 3.84. The number of hydrogen-bond donors (Lipinski definition) is 1. The zero-order chi connectivity index (χ0) is 8.32. The summed E-state index contributed by atoms with van der Waals surface area (Å²) >= 11 is 4.56. The van der Waals surface area contributed by atoms with Crippen LogP contribution in [0.2, 0.25) is 0 Å². The van der Waals surface area contributed by atoms with Crippen LogP contribution in [-0.2, 0) is 0 Å². The van der Waals surface area contributed by atoms with Gasteiger partial charge in [-0.15, -0.1) is 0 Å². The quantitative estimate of drug-likeness (QED) is 0.604. The molecule has 0 unspecified atom stereocenters. The lowest BCUT2D eigenvalue weighted by Gasteiger charge is -2.27. The van der Waals surface area contributed by atoms with E-state index in [9.17, 15) is 0 Å². The molecule has 0 aliphatic heterocycles. The van der Waals surface area contributed by atoms with E-state index < -0.39 is 0 Å². The van der Waals surface area contributed by atoms with E-state index in [0.29, 0.717) is 0 Å². The summed E-state index contributed by atoms with van der Waals surface area (Å²) in [5, 5.41) is 0. The van der Waals surface area contributed by atoms with E-state index in [-0.39, 0.29) is 4.75 Å². The lowest BCUT2D eigenvalue weighted by molar-refractivity contribution is 0.318. The largest absolute Gasteiger partial charge is 0.173 e. The maximum Gasteiger partial charge on any atom is 0.00758 e. The summed E-state index contributed by atoms with van der Waals surface area (Å²) in [7, 11) is 0. The molecule has 0 bridgehead atoms. The molecule has 0 aromatic heterocycles. The molecule has 0 radical (unpaired) electrons. The third kappa shape index (κ3) is 4.05. The highest BCUT2D eigenvalue weighted by Crippen LogP contribution is 2.32. The highest BCUT2D eigenvalue weighted by Gasteiger charge is 2.20. The molecule has 0 nitrogen and oxygen atoms in total. The van der Waals surface area contributed by atoms with Crippen molar-refractivity contribution in [2.24, 2.45) is 5.92 Å². The van der Waals surface area contributed by atoms with Gasteiger partial charge in [-0.3, -0.25) is 0 Å².